The summed E-state index contributed by atoms with van der Waals surface area (Å²) in [4.78, 5) is 12.2. The van der Waals surface area contributed by atoms with Crippen molar-refractivity contribution >= 4 is 22.6 Å². The third-order valence-electron chi connectivity index (χ3n) is 3.52. The van der Waals surface area contributed by atoms with E-state index >= 15 is 0 Å². The number of hydrogen-bond acceptors (Lipinski definition) is 3. The molecule has 1 unspecified atom stereocenters. The van der Waals surface area contributed by atoms with Gasteiger partial charge in [0.05, 0.1) is 12.0 Å². The van der Waals surface area contributed by atoms with Gasteiger partial charge in [0.15, 0.2) is 12.1 Å². The molecule has 0 saturated heterocycles. The lowest BCUT2D eigenvalue weighted by Gasteiger charge is -2.27. The maximum absolute atomic E-state index is 12.4. The average Bonchev–Trinajstić information content (AvgIpc) is 2.56. The number of fused-ring (bicyclic) bond motifs is 1. The number of alkyl halides is 3. The van der Waals surface area contributed by atoms with Gasteiger partial charge in [0.2, 0.25) is 0 Å². The molecule has 0 heterocycles. The zero-order valence-electron chi connectivity index (χ0n) is 15.5. The molecule has 0 spiro atoms. The van der Waals surface area contributed by atoms with Gasteiger partial charge < -0.3 is 9.47 Å². The molecule has 0 radical (unpaired) electrons. The van der Waals surface area contributed by atoms with Crippen LogP contribution >= 0.6 is 0 Å². The number of ketones is 1. The van der Waals surface area contributed by atoms with Crippen LogP contribution in [0.4, 0.5) is 13.2 Å². The zero-order chi connectivity index (χ0) is 20.1. The Morgan fingerprint density at radius 1 is 1.07 bits per heavy atom. The molecule has 146 valence electrons. The monoisotopic (exact) mass is 380 g/mol. The number of rotatable bonds is 7. The average molecular weight is 380 g/mol. The fourth-order valence-corrected chi connectivity index (χ4v) is 2.45. The second-order valence-corrected chi connectivity index (χ2v) is 7.20. The third kappa shape index (κ3) is 7.93. The van der Waals surface area contributed by atoms with Gasteiger partial charge in [-0.1, -0.05) is 42.5 Å². The predicted octanol–water partition coefficient (Wildman–Crippen LogP) is 5.53. The molecule has 0 bridgehead atoms. The Hall–Kier alpha value is -2.18. The quantitative estimate of drug-likeness (QED) is 0.468. The van der Waals surface area contributed by atoms with Crippen molar-refractivity contribution in [3.63, 3.8) is 0 Å². The standard InChI is InChI=1S/C21H23F3O3/c1-20(2,3)27-19(26-14-21(22,23)24)13-18(25)11-9-15-8-10-16-6-4-5-7-17(16)12-15/h4-12,19H,13-14H2,1-3H3/b11-9+. The molecule has 0 saturated carbocycles. The van der Waals surface area contributed by atoms with Crippen molar-refractivity contribution in [1.82, 2.24) is 0 Å². The molecule has 0 aliphatic heterocycles. The summed E-state index contributed by atoms with van der Waals surface area (Å²) in [5, 5.41) is 2.12. The maximum Gasteiger partial charge on any atom is 0.411 e. The van der Waals surface area contributed by atoms with E-state index in [4.69, 9.17) is 9.47 Å². The van der Waals surface area contributed by atoms with Gasteiger partial charge in [-0.05, 0) is 49.2 Å². The van der Waals surface area contributed by atoms with Crippen LogP contribution in [0.5, 0.6) is 0 Å². The Labute approximate surface area is 156 Å². The molecule has 1 atom stereocenters. The Morgan fingerprint density at radius 2 is 1.74 bits per heavy atom. The van der Waals surface area contributed by atoms with E-state index in [-0.39, 0.29) is 12.2 Å². The first-order valence-electron chi connectivity index (χ1n) is 8.58. The van der Waals surface area contributed by atoms with Crippen LogP contribution in [-0.4, -0.2) is 30.5 Å². The van der Waals surface area contributed by atoms with Crippen molar-refractivity contribution in [2.24, 2.45) is 0 Å². The number of halogens is 3. The van der Waals surface area contributed by atoms with Crippen LogP contribution in [-0.2, 0) is 14.3 Å². The third-order valence-corrected chi connectivity index (χ3v) is 3.52. The lowest BCUT2D eigenvalue weighted by atomic mass is 10.1. The first-order chi connectivity index (χ1) is 12.5. The molecule has 27 heavy (non-hydrogen) atoms. The van der Waals surface area contributed by atoms with Gasteiger partial charge in [0, 0.05) is 0 Å². The molecule has 3 nitrogen and oxygen atoms in total. The fourth-order valence-electron chi connectivity index (χ4n) is 2.45. The Morgan fingerprint density at radius 3 is 2.37 bits per heavy atom. The van der Waals surface area contributed by atoms with Gasteiger partial charge in [-0.25, -0.2) is 0 Å². The molecule has 2 rings (SSSR count). The van der Waals surface area contributed by atoms with E-state index < -0.39 is 24.7 Å². The second kappa shape index (κ2) is 8.67. The fraction of sp³-hybridized carbons (Fsp3) is 0.381. The summed E-state index contributed by atoms with van der Waals surface area (Å²) in [6.07, 6.45) is -3.08. The van der Waals surface area contributed by atoms with E-state index in [1.54, 1.807) is 26.8 Å². The first kappa shape index (κ1) is 21.1. The topological polar surface area (TPSA) is 35.5 Å². The van der Waals surface area contributed by atoms with Crippen molar-refractivity contribution in [3.8, 4) is 0 Å². The Kier molecular flexibility index (Phi) is 6.78. The molecule has 2 aromatic carbocycles. The minimum atomic E-state index is -4.48. The Balaban J connectivity index is 2.02. The van der Waals surface area contributed by atoms with Crippen LogP contribution in [0.2, 0.25) is 0 Å². The number of benzene rings is 2. The first-order valence-corrected chi connectivity index (χ1v) is 8.58. The van der Waals surface area contributed by atoms with Gasteiger partial charge in [0.1, 0.15) is 6.61 Å². The van der Waals surface area contributed by atoms with Crippen molar-refractivity contribution < 1.29 is 27.4 Å². The number of carbonyl (C=O) groups is 1. The second-order valence-electron chi connectivity index (χ2n) is 7.20. The van der Waals surface area contributed by atoms with E-state index in [2.05, 4.69) is 0 Å². The minimum absolute atomic E-state index is 0.294. The van der Waals surface area contributed by atoms with Gasteiger partial charge in [-0.2, -0.15) is 13.2 Å². The Bertz CT molecular complexity index is 804. The molecule has 0 aliphatic carbocycles. The van der Waals surface area contributed by atoms with Crippen LogP contribution in [0.1, 0.15) is 32.8 Å². The highest BCUT2D eigenvalue weighted by Gasteiger charge is 2.31. The highest BCUT2D eigenvalue weighted by molar-refractivity contribution is 5.94. The molecular weight excluding hydrogens is 357 g/mol. The summed E-state index contributed by atoms with van der Waals surface area (Å²) in [7, 11) is 0. The van der Waals surface area contributed by atoms with E-state index in [9.17, 15) is 18.0 Å². The van der Waals surface area contributed by atoms with Crippen molar-refractivity contribution in [2.45, 2.75) is 45.3 Å². The van der Waals surface area contributed by atoms with Crippen molar-refractivity contribution in [2.75, 3.05) is 6.61 Å². The molecule has 0 amide bonds. The molecule has 0 N–H and O–H groups in total. The molecule has 0 aliphatic rings. The maximum atomic E-state index is 12.4. The lowest BCUT2D eigenvalue weighted by Crippen LogP contribution is -2.33. The van der Waals surface area contributed by atoms with Crippen LogP contribution in [0.3, 0.4) is 0 Å². The van der Waals surface area contributed by atoms with E-state index in [0.717, 1.165) is 16.3 Å². The van der Waals surface area contributed by atoms with Gasteiger partial charge >= 0.3 is 6.18 Å². The van der Waals surface area contributed by atoms with Crippen LogP contribution in [0.15, 0.2) is 48.5 Å². The number of carbonyl (C=O) groups excluding carboxylic acids is 1. The minimum Gasteiger partial charge on any atom is -0.347 e. The summed E-state index contributed by atoms with van der Waals surface area (Å²) < 4.78 is 47.4. The molecule has 0 fully saturated rings. The normalized spacial score (nSPS) is 14.0. The van der Waals surface area contributed by atoms with E-state index in [0.29, 0.717) is 0 Å². The summed E-state index contributed by atoms with van der Waals surface area (Å²) >= 11 is 0. The SMILES string of the molecule is CC(C)(C)OC(CC(=O)/C=C/c1ccc2ccccc2c1)OCC(F)(F)F. The zero-order valence-corrected chi connectivity index (χ0v) is 15.5. The summed E-state index contributed by atoms with van der Waals surface area (Å²) in [5.41, 5.74) is 0.0880. The predicted molar refractivity (Wildman–Crippen MR) is 99.2 cm³/mol. The highest BCUT2D eigenvalue weighted by Crippen LogP contribution is 2.21. The smallest absolute Gasteiger partial charge is 0.347 e. The van der Waals surface area contributed by atoms with E-state index in [1.165, 1.54) is 6.08 Å². The van der Waals surface area contributed by atoms with E-state index in [1.807, 2.05) is 42.5 Å². The van der Waals surface area contributed by atoms with Crippen LogP contribution in [0, 0.1) is 0 Å². The molecule has 2 aromatic rings. The van der Waals surface area contributed by atoms with Gasteiger partial charge in [-0.15, -0.1) is 0 Å². The summed E-state index contributed by atoms with van der Waals surface area (Å²) in [6, 6.07) is 13.6. The molecule has 6 heteroatoms. The largest absolute Gasteiger partial charge is 0.411 e. The van der Waals surface area contributed by atoms with Gasteiger partial charge in [0.25, 0.3) is 0 Å². The lowest BCUT2D eigenvalue weighted by molar-refractivity contribution is -0.250. The number of hydrogen-bond donors (Lipinski definition) is 0. The summed E-state index contributed by atoms with van der Waals surface area (Å²) in [6.45, 7) is 3.60. The molecular formula is C21H23F3O3. The number of ether oxygens (including phenoxy) is 2. The highest BCUT2D eigenvalue weighted by atomic mass is 19.4. The van der Waals surface area contributed by atoms with Crippen LogP contribution < -0.4 is 0 Å². The van der Waals surface area contributed by atoms with Gasteiger partial charge in [-0.3, -0.25) is 4.79 Å². The molecule has 0 aromatic heterocycles. The van der Waals surface area contributed by atoms with Crippen molar-refractivity contribution in [1.29, 1.82) is 0 Å². The number of allylic oxidation sites excluding steroid dienone is 1. The van der Waals surface area contributed by atoms with Crippen molar-refractivity contribution in [3.05, 3.63) is 54.1 Å². The summed E-state index contributed by atoms with van der Waals surface area (Å²) in [5.74, 6) is -0.375. The van der Waals surface area contributed by atoms with Crippen LogP contribution in [0.25, 0.3) is 16.8 Å².